The molecule has 1 atom stereocenters. The van der Waals surface area contributed by atoms with E-state index in [1.807, 2.05) is 20.8 Å². The van der Waals surface area contributed by atoms with E-state index in [1.165, 1.54) is 6.08 Å². The summed E-state index contributed by atoms with van der Waals surface area (Å²) in [6.45, 7) is 9.74. The van der Waals surface area contributed by atoms with Gasteiger partial charge >= 0.3 is 12.1 Å². The number of esters is 1. The van der Waals surface area contributed by atoms with Gasteiger partial charge < -0.3 is 14.8 Å². The van der Waals surface area contributed by atoms with E-state index < -0.39 is 18.1 Å². The van der Waals surface area contributed by atoms with Crippen LogP contribution in [0.25, 0.3) is 0 Å². The Hall–Kier alpha value is -1.52. The molecule has 5 nitrogen and oxygen atoms in total. The third-order valence-electron chi connectivity index (χ3n) is 2.05. The number of alkyl carbamates (subject to hydrolysis) is 1. The summed E-state index contributed by atoms with van der Waals surface area (Å²) in [5.41, 5.74) is 0. The lowest BCUT2D eigenvalue weighted by molar-refractivity contribution is -0.147. The fourth-order valence-corrected chi connectivity index (χ4v) is 1.21. The molecule has 0 aliphatic carbocycles. The van der Waals surface area contributed by atoms with Gasteiger partial charge in [0, 0.05) is 0 Å². The molecule has 5 heteroatoms. The van der Waals surface area contributed by atoms with Crippen LogP contribution in [-0.4, -0.2) is 31.3 Å². The summed E-state index contributed by atoms with van der Waals surface area (Å²) in [7, 11) is 0. The highest BCUT2D eigenvalue weighted by molar-refractivity contribution is 5.81. The molecule has 0 aliphatic heterocycles. The van der Waals surface area contributed by atoms with Gasteiger partial charge in [-0.25, -0.2) is 9.59 Å². The number of hydrogen-bond acceptors (Lipinski definition) is 4. The molecule has 0 aliphatic rings. The smallest absolute Gasteiger partial charge is 0.408 e. The zero-order chi connectivity index (χ0) is 14.0. The van der Waals surface area contributed by atoms with Crippen molar-refractivity contribution >= 4 is 12.1 Å². The maximum atomic E-state index is 11.7. The zero-order valence-corrected chi connectivity index (χ0v) is 11.4. The molecule has 0 aromatic heterocycles. The molecule has 1 N–H and O–H groups in total. The van der Waals surface area contributed by atoms with Gasteiger partial charge in [0.1, 0.15) is 12.6 Å². The quantitative estimate of drug-likeness (QED) is 0.535. The predicted molar refractivity (Wildman–Crippen MR) is 69.2 cm³/mol. The lowest BCUT2D eigenvalue weighted by Gasteiger charge is -2.17. The molecule has 104 valence electrons. The molecule has 0 aromatic carbocycles. The Balaban J connectivity index is 4.22. The predicted octanol–water partition coefficient (Wildman–Crippen LogP) is 2.27. The standard InChI is InChI=1S/C13H23NO4/c1-5-7-11(12(15)18-9-10(3)4)14-13(16)17-8-6-2/h6,10-11H,2,5,7-9H2,1,3-4H3,(H,14,16). The number of ether oxygens (including phenoxy) is 2. The van der Waals surface area contributed by atoms with Crippen LogP contribution in [0.2, 0.25) is 0 Å². The van der Waals surface area contributed by atoms with Crippen LogP contribution in [-0.2, 0) is 14.3 Å². The van der Waals surface area contributed by atoms with Crippen LogP contribution in [0.1, 0.15) is 33.6 Å². The molecule has 0 spiro atoms. The molecule has 1 amide bonds. The number of rotatable bonds is 8. The summed E-state index contributed by atoms with van der Waals surface area (Å²) in [6.07, 6.45) is 2.13. The molecular formula is C13H23NO4. The minimum absolute atomic E-state index is 0.117. The van der Waals surface area contributed by atoms with Crippen molar-refractivity contribution in [3.63, 3.8) is 0 Å². The Morgan fingerprint density at radius 3 is 2.50 bits per heavy atom. The topological polar surface area (TPSA) is 64.6 Å². The van der Waals surface area contributed by atoms with E-state index in [4.69, 9.17) is 9.47 Å². The number of carbonyl (C=O) groups excluding carboxylic acids is 2. The van der Waals surface area contributed by atoms with Crippen LogP contribution in [0.5, 0.6) is 0 Å². The van der Waals surface area contributed by atoms with Crippen molar-refractivity contribution in [2.24, 2.45) is 5.92 Å². The first kappa shape index (κ1) is 16.5. The van der Waals surface area contributed by atoms with Crippen molar-refractivity contribution in [2.45, 2.75) is 39.7 Å². The van der Waals surface area contributed by atoms with Gasteiger partial charge in [0.2, 0.25) is 0 Å². The van der Waals surface area contributed by atoms with Crippen LogP contribution in [0.15, 0.2) is 12.7 Å². The molecule has 0 saturated carbocycles. The fourth-order valence-electron chi connectivity index (χ4n) is 1.21. The van der Waals surface area contributed by atoms with Crippen molar-refractivity contribution in [1.82, 2.24) is 5.32 Å². The van der Waals surface area contributed by atoms with Gasteiger partial charge in [0.05, 0.1) is 6.61 Å². The molecule has 0 saturated heterocycles. The summed E-state index contributed by atoms with van der Waals surface area (Å²) >= 11 is 0. The number of amides is 1. The van der Waals surface area contributed by atoms with Crippen molar-refractivity contribution in [1.29, 1.82) is 0 Å². The second-order valence-electron chi connectivity index (χ2n) is 4.40. The maximum Gasteiger partial charge on any atom is 0.408 e. The van der Waals surface area contributed by atoms with Crippen LogP contribution in [0, 0.1) is 5.92 Å². The Bertz CT molecular complexity index is 276. The molecule has 1 unspecified atom stereocenters. The van der Waals surface area contributed by atoms with E-state index in [9.17, 15) is 9.59 Å². The SMILES string of the molecule is C=CCOC(=O)NC(CCC)C(=O)OCC(C)C. The monoisotopic (exact) mass is 257 g/mol. The van der Waals surface area contributed by atoms with E-state index >= 15 is 0 Å². The first-order valence-corrected chi connectivity index (χ1v) is 6.22. The van der Waals surface area contributed by atoms with E-state index in [0.717, 1.165) is 6.42 Å². The van der Waals surface area contributed by atoms with E-state index in [0.29, 0.717) is 13.0 Å². The summed E-state index contributed by atoms with van der Waals surface area (Å²) in [5.74, 6) is -0.148. The maximum absolute atomic E-state index is 11.7. The molecule has 0 aromatic rings. The molecule has 0 bridgehead atoms. The zero-order valence-electron chi connectivity index (χ0n) is 11.4. The van der Waals surface area contributed by atoms with Crippen LogP contribution in [0.3, 0.4) is 0 Å². The average molecular weight is 257 g/mol. The third kappa shape index (κ3) is 7.70. The Morgan fingerprint density at radius 1 is 1.33 bits per heavy atom. The van der Waals surface area contributed by atoms with E-state index in [2.05, 4.69) is 11.9 Å². The molecular weight excluding hydrogens is 234 g/mol. The van der Waals surface area contributed by atoms with Crippen molar-refractivity contribution < 1.29 is 19.1 Å². The van der Waals surface area contributed by atoms with Crippen LogP contribution >= 0.6 is 0 Å². The van der Waals surface area contributed by atoms with Gasteiger partial charge in [0.15, 0.2) is 0 Å². The van der Waals surface area contributed by atoms with Gasteiger partial charge in [0.25, 0.3) is 0 Å². The minimum atomic E-state index is -0.647. The van der Waals surface area contributed by atoms with Crippen LogP contribution < -0.4 is 5.32 Å². The van der Waals surface area contributed by atoms with Crippen molar-refractivity contribution in [2.75, 3.05) is 13.2 Å². The van der Waals surface area contributed by atoms with Gasteiger partial charge in [-0.15, -0.1) is 0 Å². The summed E-state index contributed by atoms with van der Waals surface area (Å²) in [5, 5.41) is 2.49. The van der Waals surface area contributed by atoms with E-state index in [-0.39, 0.29) is 12.5 Å². The summed E-state index contributed by atoms with van der Waals surface area (Å²) in [4.78, 5) is 23.1. The number of hydrogen-bond donors (Lipinski definition) is 1. The molecule has 0 rings (SSSR count). The lowest BCUT2D eigenvalue weighted by Crippen LogP contribution is -2.42. The largest absolute Gasteiger partial charge is 0.464 e. The third-order valence-corrected chi connectivity index (χ3v) is 2.05. The number of carbonyl (C=O) groups is 2. The molecule has 0 heterocycles. The first-order valence-electron chi connectivity index (χ1n) is 6.22. The van der Waals surface area contributed by atoms with Crippen molar-refractivity contribution in [3.8, 4) is 0 Å². The Kier molecular flexibility index (Phi) is 8.70. The second-order valence-corrected chi connectivity index (χ2v) is 4.40. The Labute approximate surface area is 109 Å². The van der Waals surface area contributed by atoms with Gasteiger partial charge in [-0.2, -0.15) is 0 Å². The van der Waals surface area contributed by atoms with Crippen molar-refractivity contribution in [3.05, 3.63) is 12.7 Å². The summed E-state index contributed by atoms with van der Waals surface area (Å²) in [6, 6.07) is -0.647. The highest BCUT2D eigenvalue weighted by Gasteiger charge is 2.22. The van der Waals surface area contributed by atoms with Gasteiger partial charge in [-0.1, -0.05) is 39.8 Å². The highest BCUT2D eigenvalue weighted by Crippen LogP contribution is 2.02. The molecule has 18 heavy (non-hydrogen) atoms. The number of nitrogens with one attached hydrogen (secondary N) is 1. The fraction of sp³-hybridized carbons (Fsp3) is 0.692. The average Bonchev–Trinajstić information content (AvgIpc) is 2.32. The van der Waals surface area contributed by atoms with Crippen LogP contribution in [0.4, 0.5) is 4.79 Å². The summed E-state index contributed by atoms with van der Waals surface area (Å²) < 4.78 is 9.86. The molecule has 0 fully saturated rings. The van der Waals surface area contributed by atoms with Gasteiger partial charge in [-0.3, -0.25) is 0 Å². The lowest BCUT2D eigenvalue weighted by atomic mass is 10.1. The van der Waals surface area contributed by atoms with Gasteiger partial charge in [-0.05, 0) is 12.3 Å². The minimum Gasteiger partial charge on any atom is -0.464 e. The highest BCUT2D eigenvalue weighted by atomic mass is 16.6. The Morgan fingerprint density at radius 2 is 2.00 bits per heavy atom. The molecule has 0 radical (unpaired) electrons. The first-order chi connectivity index (χ1) is 8.51. The second kappa shape index (κ2) is 9.50. The van der Waals surface area contributed by atoms with E-state index in [1.54, 1.807) is 0 Å². The normalized spacial score (nSPS) is 11.8.